The van der Waals surface area contributed by atoms with E-state index in [1.807, 2.05) is 6.07 Å². The summed E-state index contributed by atoms with van der Waals surface area (Å²) in [5.74, 6) is 1.15. The first-order valence-electron chi connectivity index (χ1n) is 8.16. The lowest BCUT2D eigenvalue weighted by Gasteiger charge is -2.22. The Labute approximate surface area is 125 Å². The van der Waals surface area contributed by atoms with Crippen LogP contribution in [-0.2, 0) is 11.2 Å². The van der Waals surface area contributed by atoms with Crippen LogP contribution in [0.25, 0.3) is 10.9 Å². The second-order valence-electron chi connectivity index (χ2n) is 6.58. The van der Waals surface area contributed by atoms with Crippen molar-refractivity contribution in [2.45, 2.75) is 44.6 Å². The molecule has 0 spiro atoms. The van der Waals surface area contributed by atoms with Crippen molar-refractivity contribution in [2.75, 3.05) is 6.54 Å². The number of fused-ring (bicyclic) bond motifs is 1. The van der Waals surface area contributed by atoms with Gasteiger partial charge in [0.1, 0.15) is 0 Å². The predicted octanol–water partition coefficient (Wildman–Crippen LogP) is 3.50. The van der Waals surface area contributed by atoms with Crippen LogP contribution in [0.1, 0.15) is 37.7 Å². The van der Waals surface area contributed by atoms with Gasteiger partial charge in [0.2, 0.25) is 5.91 Å². The standard InChI is InChI=1S/C18H22N2O/c21-18(20(15-8-9-15)12-13-5-6-13)10-7-14-11-19-17-4-2-1-3-16(14)17/h1-4,11,13,15,19H,5-10,12H2. The normalized spacial score (nSPS) is 18.1. The van der Waals surface area contributed by atoms with E-state index in [0.717, 1.165) is 24.4 Å². The van der Waals surface area contributed by atoms with Gasteiger partial charge in [-0.1, -0.05) is 18.2 Å². The largest absolute Gasteiger partial charge is 0.361 e. The number of hydrogen-bond acceptors (Lipinski definition) is 1. The topological polar surface area (TPSA) is 36.1 Å². The van der Waals surface area contributed by atoms with E-state index in [1.165, 1.54) is 36.6 Å². The van der Waals surface area contributed by atoms with Crippen LogP contribution in [0.4, 0.5) is 0 Å². The molecule has 0 unspecified atom stereocenters. The second kappa shape index (κ2) is 5.21. The van der Waals surface area contributed by atoms with Gasteiger partial charge in [-0.2, -0.15) is 0 Å². The van der Waals surface area contributed by atoms with Crippen LogP contribution in [0.15, 0.2) is 30.5 Å². The molecule has 1 aromatic heterocycles. The minimum absolute atomic E-state index is 0.356. The Balaban J connectivity index is 1.41. The molecule has 1 amide bonds. The van der Waals surface area contributed by atoms with Crippen molar-refractivity contribution in [1.82, 2.24) is 9.88 Å². The monoisotopic (exact) mass is 282 g/mol. The third-order valence-electron chi connectivity index (χ3n) is 4.74. The molecule has 2 aliphatic carbocycles. The van der Waals surface area contributed by atoms with Gasteiger partial charge in [0, 0.05) is 36.1 Å². The van der Waals surface area contributed by atoms with Crippen LogP contribution in [-0.4, -0.2) is 28.4 Å². The van der Waals surface area contributed by atoms with Gasteiger partial charge in [0.25, 0.3) is 0 Å². The highest BCUT2D eigenvalue weighted by atomic mass is 16.2. The van der Waals surface area contributed by atoms with E-state index >= 15 is 0 Å². The fourth-order valence-electron chi connectivity index (χ4n) is 3.14. The van der Waals surface area contributed by atoms with Gasteiger partial charge in [-0.25, -0.2) is 0 Å². The van der Waals surface area contributed by atoms with Gasteiger partial charge < -0.3 is 9.88 Å². The van der Waals surface area contributed by atoms with E-state index < -0.39 is 0 Å². The molecule has 4 rings (SSSR count). The second-order valence-corrected chi connectivity index (χ2v) is 6.58. The van der Waals surface area contributed by atoms with Crippen molar-refractivity contribution >= 4 is 16.8 Å². The number of carbonyl (C=O) groups excluding carboxylic acids is 1. The van der Waals surface area contributed by atoms with Crippen molar-refractivity contribution in [3.63, 3.8) is 0 Å². The summed E-state index contributed by atoms with van der Waals surface area (Å²) in [6.45, 7) is 1.01. The molecule has 2 aromatic rings. The molecule has 0 radical (unpaired) electrons. The molecular formula is C18H22N2O. The van der Waals surface area contributed by atoms with E-state index in [2.05, 4.69) is 34.3 Å². The van der Waals surface area contributed by atoms with Gasteiger partial charge in [0.15, 0.2) is 0 Å². The molecule has 3 nitrogen and oxygen atoms in total. The molecule has 0 saturated heterocycles. The number of hydrogen-bond donors (Lipinski definition) is 1. The summed E-state index contributed by atoms with van der Waals surface area (Å²) in [4.78, 5) is 18.0. The van der Waals surface area contributed by atoms with Crippen molar-refractivity contribution < 1.29 is 4.79 Å². The molecule has 2 saturated carbocycles. The highest BCUT2D eigenvalue weighted by Gasteiger charge is 2.36. The van der Waals surface area contributed by atoms with Crippen molar-refractivity contribution in [1.29, 1.82) is 0 Å². The Hall–Kier alpha value is -1.77. The molecule has 110 valence electrons. The number of para-hydroxylation sites is 1. The lowest BCUT2D eigenvalue weighted by molar-refractivity contribution is -0.132. The van der Waals surface area contributed by atoms with Crippen LogP contribution in [0, 0.1) is 5.92 Å². The lowest BCUT2D eigenvalue weighted by atomic mass is 10.1. The fourth-order valence-corrected chi connectivity index (χ4v) is 3.14. The fraction of sp³-hybridized carbons (Fsp3) is 0.500. The Morgan fingerprint density at radius 1 is 1.19 bits per heavy atom. The molecular weight excluding hydrogens is 260 g/mol. The van der Waals surface area contributed by atoms with Crippen molar-refractivity contribution in [3.8, 4) is 0 Å². The number of nitrogens with one attached hydrogen (secondary N) is 1. The van der Waals surface area contributed by atoms with Gasteiger partial charge in [0.05, 0.1) is 0 Å². The van der Waals surface area contributed by atoms with E-state index in [0.29, 0.717) is 18.4 Å². The summed E-state index contributed by atoms with van der Waals surface area (Å²) in [5.41, 5.74) is 2.43. The number of nitrogens with zero attached hydrogens (tertiary/aromatic N) is 1. The zero-order valence-corrected chi connectivity index (χ0v) is 12.3. The maximum atomic E-state index is 12.5. The average molecular weight is 282 g/mol. The van der Waals surface area contributed by atoms with Crippen LogP contribution in [0.5, 0.6) is 0 Å². The van der Waals surface area contributed by atoms with E-state index in [-0.39, 0.29) is 0 Å². The number of carbonyl (C=O) groups is 1. The smallest absolute Gasteiger partial charge is 0.223 e. The Bertz CT molecular complexity index is 652. The molecule has 0 aliphatic heterocycles. The number of aryl methyl sites for hydroxylation is 1. The van der Waals surface area contributed by atoms with Crippen LogP contribution < -0.4 is 0 Å². The predicted molar refractivity (Wildman–Crippen MR) is 84.1 cm³/mol. The Kier molecular flexibility index (Phi) is 3.21. The van der Waals surface area contributed by atoms with Crippen LogP contribution >= 0.6 is 0 Å². The SMILES string of the molecule is O=C(CCc1c[nH]c2ccccc12)N(CC1CC1)C1CC1. The number of amides is 1. The first-order valence-corrected chi connectivity index (χ1v) is 8.16. The number of benzene rings is 1. The number of aromatic nitrogens is 1. The third kappa shape index (κ3) is 2.82. The van der Waals surface area contributed by atoms with E-state index in [1.54, 1.807) is 0 Å². The summed E-state index contributed by atoms with van der Waals surface area (Å²) in [6, 6.07) is 8.88. The van der Waals surface area contributed by atoms with Crippen LogP contribution in [0.3, 0.4) is 0 Å². The minimum Gasteiger partial charge on any atom is -0.361 e. The molecule has 3 heteroatoms. The zero-order valence-electron chi connectivity index (χ0n) is 12.3. The summed E-state index contributed by atoms with van der Waals surface area (Å²) >= 11 is 0. The van der Waals surface area contributed by atoms with Crippen LogP contribution in [0.2, 0.25) is 0 Å². The molecule has 1 heterocycles. The molecule has 1 N–H and O–H groups in total. The summed E-state index contributed by atoms with van der Waals surface area (Å²) in [6.07, 6.45) is 8.61. The highest BCUT2D eigenvalue weighted by Crippen LogP contribution is 2.35. The van der Waals surface area contributed by atoms with Gasteiger partial charge in [-0.15, -0.1) is 0 Å². The maximum absolute atomic E-state index is 12.5. The third-order valence-corrected chi connectivity index (χ3v) is 4.74. The molecule has 2 fully saturated rings. The van der Waals surface area contributed by atoms with Crippen molar-refractivity contribution in [3.05, 3.63) is 36.0 Å². The first-order chi connectivity index (χ1) is 10.3. The quantitative estimate of drug-likeness (QED) is 0.865. The number of rotatable bonds is 6. The molecule has 2 aliphatic rings. The van der Waals surface area contributed by atoms with Crippen molar-refractivity contribution in [2.24, 2.45) is 5.92 Å². The minimum atomic E-state index is 0.356. The summed E-state index contributed by atoms with van der Waals surface area (Å²) in [7, 11) is 0. The maximum Gasteiger partial charge on any atom is 0.223 e. The average Bonchev–Trinajstić information content (AvgIpc) is 3.40. The Morgan fingerprint density at radius 2 is 2.00 bits per heavy atom. The summed E-state index contributed by atoms with van der Waals surface area (Å²) < 4.78 is 0. The first kappa shape index (κ1) is 12.9. The highest BCUT2D eigenvalue weighted by molar-refractivity contribution is 5.84. The van der Waals surface area contributed by atoms with E-state index in [4.69, 9.17) is 0 Å². The van der Waals surface area contributed by atoms with Gasteiger partial charge in [-0.05, 0) is 49.7 Å². The van der Waals surface area contributed by atoms with E-state index in [9.17, 15) is 4.79 Å². The van der Waals surface area contributed by atoms with Gasteiger partial charge in [-0.3, -0.25) is 4.79 Å². The number of aromatic amines is 1. The number of H-pyrrole nitrogens is 1. The molecule has 21 heavy (non-hydrogen) atoms. The lowest BCUT2D eigenvalue weighted by Crippen LogP contribution is -2.35. The molecule has 1 aromatic carbocycles. The molecule has 0 bridgehead atoms. The van der Waals surface area contributed by atoms with Gasteiger partial charge >= 0.3 is 0 Å². The Morgan fingerprint density at radius 3 is 2.76 bits per heavy atom. The summed E-state index contributed by atoms with van der Waals surface area (Å²) in [5, 5.41) is 1.26. The zero-order chi connectivity index (χ0) is 14.2. The molecule has 0 atom stereocenters.